The Bertz CT molecular complexity index is 1700. The lowest BCUT2D eigenvalue weighted by Gasteiger charge is -2.40. The maximum atomic E-state index is 15.8. The standard InChI is InChI=1S/C32H25F5O7S2/c1-22(2)28(38)42-24-20-18-23(19-21-24)29(39)43-30(31(33,34)35)32(36,37)46(40,41)44-45(25-12-6-3-7-13-25,26-14-8-4-9-15-26)27-16-10-5-11-17-27/h3-21,30H,1H2,2H3. The molecule has 1 atom stereocenters. The van der Waals surface area contributed by atoms with Gasteiger partial charge in [0, 0.05) is 20.3 Å². The summed E-state index contributed by atoms with van der Waals surface area (Å²) in [6.07, 6.45) is -10.5. The Hall–Kier alpha value is -4.53. The molecule has 4 aromatic carbocycles. The molecular formula is C32H25F5O7S2. The van der Waals surface area contributed by atoms with Crippen LogP contribution >= 0.6 is 10.3 Å². The van der Waals surface area contributed by atoms with E-state index in [1.165, 1.54) is 79.7 Å². The summed E-state index contributed by atoms with van der Waals surface area (Å²) < 4.78 is 116. The van der Waals surface area contributed by atoms with Crippen LogP contribution in [-0.4, -0.2) is 37.9 Å². The van der Waals surface area contributed by atoms with E-state index in [2.05, 4.69) is 11.3 Å². The molecule has 14 heteroatoms. The number of halogens is 5. The van der Waals surface area contributed by atoms with Gasteiger partial charge in [0.05, 0.1) is 5.56 Å². The van der Waals surface area contributed by atoms with Gasteiger partial charge >= 0.3 is 33.5 Å². The zero-order valence-electron chi connectivity index (χ0n) is 23.8. The molecule has 0 spiro atoms. The van der Waals surface area contributed by atoms with E-state index in [1.807, 2.05) is 0 Å². The van der Waals surface area contributed by atoms with Crippen LogP contribution in [0.3, 0.4) is 0 Å². The van der Waals surface area contributed by atoms with Gasteiger partial charge < -0.3 is 9.47 Å². The zero-order chi connectivity index (χ0) is 33.8. The molecule has 7 nitrogen and oxygen atoms in total. The number of benzene rings is 4. The van der Waals surface area contributed by atoms with Gasteiger partial charge in [-0.15, -0.1) is 0 Å². The number of rotatable bonds is 11. The van der Waals surface area contributed by atoms with Crippen molar-refractivity contribution in [3.63, 3.8) is 0 Å². The fraction of sp³-hybridized carbons (Fsp3) is 0.125. The van der Waals surface area contributed by atoms with Crippen molar-refractivity contribution in [1.29, 1.82) is 0 Å². The topological polar surface area (TPSA) is 96.0 Å². The minimum Gasteiger partial charge on any atom is -0.441 e. The first-order chi connectivity index (χ1) is 21.6. The van der Waals surface area contributed by atoms with Gasteiger partial charge in [-0.25, -0.2) is 13.2 Å². The molecule has 0 aliphatic heterocycles. The maximum absolute atomic E-state index is 15.8. The van der Waals surface area contributed by atoms with E-state index < -0.39 is 55.5 Å². The quantitative estimate of drug-likeness (QED) is 0.0684. The fourth-order valence-corrected chi connectivity index (χ4v) is 9.29. The first kappa shape index (κ1) is 34.3. The lowest BCUT2D eigenvalue weighted by Crippen LogP contribution is -2.52. The van der Waals surface area contributed by atoms with Gasteiger partial charge in [0.25, 0.3) is 6.10 Å². The van der Waals surface area contributed by atoms with Crippen molar-refractivity contribution in [2.45, 2.75) is 39.1 Å². The number of alkyl halides is 5. The SMILES string of the molecule is C=C(C)C(=O)Oc1ccc(C(=O)OC(C(F)(F)F)C(F)(F)S(=O)(=O)OS(c2ccccc2)(c2ccccc2)c2ccccc2)cc1. The number of ether oxygens (including phenoxy) is 2. The highest BCUT2D eigenvalue weighted by molar-refractivity contribution is 8.33. The minimum absolute atomic E-state index is 0.0276. The molecule has 1 unspecified atom stereocenters. The van der Waals surface area contributed by atoms with E-state index in [0.717, 1.165) is 24.3 Å². The Kier molecular flexibility index (Phi) is 10.0. The summed E-state index contributed by atoms with van der Waals surface area (Å²) in [4.78, 5) is 24.6. The molecule has 0 saturated heterocycles. The molecule has 0 saturated carbocycles. The van der Waals surface area contributed by atoms with Crippen LogP contribution in [-0.2, 0) is 23.3 Å². The molecule has 4 rings (SSSR count). The van der Waals surface area contributed by atoms with Crippen LogP contribution in [0.5, 0.6) is 5.75 Å². The van der Waals surface area contributed by atoms with E-state index in [1.54, 1.807) is 18.2 Å². The van der Waals surface area contributed by atoms with Crippen LogP contribution < -0.4 is 4.74 Å². The van der Waals surface area contributed by atoms with Crippen molar-refractivity contribution in [2.75, 3.05) is 0 Å². The van der Waals surface area contributed by atoms with Gasteiger partial charge in [-0.05, 0) is 77.9 Å². The molecular weight excluding hydrogens is 655 g/mol. The molecule has 0 fully saturated rings. The summed E-state index contributed by atoms with van der Waals surface area (Å²) in [5, 5.41) is -5.84. The molecule has 46 heavy (non-hydrogen) atoms. The second-order valence-electron chi connectivity index (χ2n) is 9.60. The number of hydrogen-bond acceptors (Lipinski definition) is 7. The van der Waals surface area contributed by atoms with Crippen molar-refractivity contribution < 1.29 is 53.1 Å². The zero-order valence-corrected chi connectivity index (χ0v) is 25.5. The Morgan fingerprint density at radius 1 is 0.696 bits per heavy atom. The van der Waals surface area contributed by atoms with Crippen molar-refractivity contribution in [3.05, 3.63) is 133 Å². The number of hydrogen-bond donors (Lipinski definition) is 0. The summed E-state index contributed by atoms with van der Waals surface area (Å²) in [6.45, 7) is 4.74. The number of carbonyl (C=O) groups is 2. The molecule has 0 N–H and O–H groups in total. The molecule has 4 aromatic rings. The van der Waals surface area contributed by atoms with Crippen LogP contribution in [0.25, 0.3) is 0 Å². The van der Waals surface area contributed by atoms with Crippen molar-refractivity contribution in [3.8, 4) is 5.75 Å². The average Bonchev–Trinajstić information content (AvgIpc) is 3.03. The summed E-state index contributed by atoms with van der Waals surface area (Å²) in [5.74, 6) is -2.90. The van der Waals surface area contributed by atoms with E-state index in [-0.39, 0.29) is 26.0 Å². The highest BCUT2D eigenvalue weighted by Gasteiger charge is 2.68. The number of esters is 2. The summed E-state index contributed by atoms with van der Waals surface area (Å²) in [7, 11) is -10.2. The lowest BCUT2D eigenvalue weighted by molar-refractivity contribution is -0.247. The highest BCUT2D eigenvalue weighted by Crippen LogP contribution is 2.70. The predicted molar refractivity (Wildman–Crippen MR) is 159 cm³/mol. The van der Waals surface area contributed by atoms with Gasteiger partial charge in [0.1, 0.15) is 5.75 Å². The molecule has 0 amide bonds. The molecule has 0 aliphatic carbocycles. The largest absolute Gasteiger partial charge is 0.441 e. The smallest absolute Gasteiger partial charge is 0.432 e. The second kappa shape index (κ2) is 13.4. The normalized spacial score (nSPS) is 13.3. The summed E-state index contributed by atoms with van der Waals surface area (Å²) in [5.41, 5.74) is -0.642. The van der Waals surface area contributed by atoms with Gasteiger partial charge in [-0.3, -0.25) is 0 Å². The molecule has 242 valence electrons. The van der Waals surface area contributed by atoms with Crippen LogP contribution in [0.15, 0.2) is 142 Å². The maximum Gasteiger partial charge on any atom is 0.432 e. The third-order valence-corrected chi connectivity index (χ3v) is 11.4. The Balaban J connectivity index is 1.77. The second-order valence-corrected chi connectivity index (χ2v) is 14.1. The van der Waals surface area contributed by atoms with E-state index in [4.69, 9.17) is 8.37 Å². The summed E-state index contributed by atoms with van der Waals surface area (Å²) >= 11 is 0. The highest BCUT2D eigenvalue weighted by atomic mass is 32.3. The van der Waals surface area contributed by atoms with Crippen LogP contribution in [0.2, 0.25) is 0 Å². The van der Waals surface area contributed by atoms with Crippen molar-refractivity contribution >= 4 is 32.4 Å². The summed E-state index contributed by atoms with van der Waals surface area (Å²) in [6, 6.07) is 25.7. The van der Waals surface area contributed by atoms with E-state index in [0.29, 0.717) is 0 Å². The first-order valence-corrected chi connectivity index (χ1v) is 16.1. The van der Waals surface area contributed by atoms with E-state index in [9.17, 15) is 31.2 Å². The van der Waals surface area contributed by atoms with E-state index >= 15 is 8.78 Å². The van der Waals surface area contributed by atoms with Gasteiger partial charge in [-0.1, -0.05) is 61.2 Å². The molecule has 0 heterocycles. The van der Waals surface area contributed by atoms with Crippen LogP contribution in [0.1, 0.15) is 17.3 Å². The molecule has 0 radical (unpaired) electrons. The minimum atomic E-state index is -6.56. The van der Waals surface area contributed by atoms with Gasteiger partial charge in [0.2, 0.25) is 0 Å². The number of carbonyl (C=O) groups excluding carboxylic acids is 2. The predicted octanol–water partition coefficient (Wildman–Crippen LogP) is 8.09. The molecule has 0 aliphatic rings. The Morgan fingerprint density at radius 2 is 1.11 bits per heavy atom. The van der Waals surface area contributed by atoms with Gasteiger partial charge in [0.15, 0.2) is 0 Å². The Labute approximate surface area is 262 Å². The first-order valence-electron chi connectivity index (χ1n) is 13.2. The molecule has 0 aromatic heterocycles. The lowest BCUT2D eigenvalue weighted by atomic mass is 10.2. The molecule has 0 bridgehead atoms. The van der Waals surface area contributed by atoms with Gasteiger partial charge in [-0.2, -0.15) is 30.4 Å². The average molecular weight is 681 g/mol. The monoisotopic (exact) mass is 680 g/mol. The van der Waals surface area contributed by atoms with Crippen molar-refractivity contribution in [1.82, 2.24) is 0 Å². The van der Waals surface area contributed by atoms with Crippen LogP contribution in [0, 0.1) is 0 Å². The Morgan fingerprint density at radius 3 is 1.48 bits per heavy atom. The van der Waals surface area contributed by atoms with Crippen molar-refractivity contribution in [2.24, 2.45) is 0 Å². The third-order valence-electron chi connectivity index (χ3n) is 6.23. The van der Waals surface area contributed by atoms with Crippen LogP contribution in [0.4, 0.5) is 22.0 Å². The fourth-order valence-electron chi connectivity index (χ4n) is 4.03. The third kappa shape index (κ3) is 7.14.